The molecule has 7 heteroatoms. The van der Waals surface area contributed by atoms with Gasteiger partial charge in [0.05, 0.1) is 12.1 Å². The van der Waals surface area contributed by atoms with E-state index < -0.39 is 24.5 Å². The Morgan fingerprint density at radius 2 is 2.05 bits per heavy atom. The third kappa shape index (κ3) is 5.98. The largest absolute Gasteiger partial charge is 0.482 e. The summed E-state index contributed by atoms with van der Waals surface area (Å²) in [6.07, 6.45) is -5.39. The number of carbonyl (C=O) groups excluding carboxylic acids is 1. The fraction of sp³-hybridized carbons (Fsp3) is 0.417. The van der Waals surface area contributed by atoms with E-state index >= 15 is 0 Å². The quantitative estimate of drug-likeness (QED) is 0.809. The van der Waals surface area contributed by atoms with Crippen molar-refractivity contribution < 1.29 is 22.7 Å². The Morgan fingerprint density at radius 3 is 2.63 bits per heavy atom. The second kappa shape index (κ2) is 6.31. The molecule has 0 aliphatic rings. The van der Waals surface area contributed by atoms with Crippen LogP contribution in [0.1, 0.15) is 13.3 Å². The number of para-hydroxylation sites is 2. The normalized spacial score (nSPS) is 12.8. The van der Waals surface area contributed by atoms with Crippen LogP contribution in [0.5, 0.6) is 5.75 Å². The van der Waals surface area contributed by atoms with Crippen molar-refractivity contribution in [3.8, 4) is 5.75 Å². The highest BCUT2D eigenvalue weighted by Crippen LogP contribution is 2.21. The predicted octanol–water partition coefficient (Wildman–Crippen LogP) is 2.10. The number of nitrogens with one attached hydrogen (secondary N) is 1. The van der Waals surface area contributed by atoms with Crippen molar-refractivity contribution in [3.05, 3.63) is 24.3 Å². The summed E-state index contributed by atoms with van der Waals surface area (Å²) in [4.78, 5) is 11.4. The van der Waals surface area contributed by atoms with E-state index in [1.807, 2.05) is 0 Å². The third-order valence-corrected chi connectivity index (χ3v) is 2.22. The predicted molar refractivity (Wildman–Crippen MR) is 64.6 cm³/mol. The molecule has 0 saturated heterocycles. The van der Waals surface area contributed by atoms with Crippen LogP contribution in [0.2, 0.25) is 0 Å². The van der Waals surface area contributed by atoms with Gasteiger partial charge in [-0.15, -0.1) is 0 Å². The van der Waals surface area contributed by atoms with Crippen molar-refractivity contribution in [2.45, 2.75) is 25.6 Å². The summed E-state index contributed by atoms with van der Waals surface area (Å²) in [5.74, 6) is -0.305. The van der Waals surface area contributed by atoms with Gasteiger partial charge in [0.1, 0.15) is 5.75 Å². The van der Waals surface area contributed by atoms with Gasteiger partial charge >= 0.3 is 6.18 Å². The van der Waals surface area contributed by atoms with E-state index in [2.05, 4.69) is 5.32 Å². The van der Waals surface area contributed by atoms with Crippen LogP contribution < -0.4 is 15.8 Å². The van der Waals surface area contributed by atoms with Crippen molar-refractivity contribution in [2.24, 2.45) is 0 Å². The van der Waals surface area contributed by atoms with Gasteiger partial charge in [-0.05, 0) is 19.1 Å². The average Bonchev–Trinajstić information content (AvgIpc) is 2.25. The molecule has 0 heterocycles. The summed E-state index contributed by atoms with van der Waals surface area (Å²) in [6.45, 7) is 0.901. The number of hydrogen-bond donors (Lipinski definition) is 2. The number of alkyl halides is 3. The van der Waals surface area contributed by atoms with Gasteiger partial charge in [-0.3, -0.25) is 4.79 Å². The summed E-state index contributed by atoms with van der Waals surface area (Å²) < 4.78 is 41.3. The van der Waals surface area contributed by atoms with Gasteiger partial charge < -0.3 is 15.8 Å². The molecule has 0 saturated carbocycles. The maximum atomic E-state index is 12.1. The number of ether oxygens (including phenoxy) is 1. The van der Waals surface area contributed by atoms with Gasteiger partial charge in [0.25, 0.3) is 5.91 Å². The van der Waals surface area contributed by atoms with Crippen LogP contribution in [-0.4, -0.2) is 24.7 Å². The molecule has 0 radical (unpaired) electrons. The molecule has 0 fully saturated rings. The van der Waals surface area contributed by atoms with E-state index in [-0.39, 0.29) is 6.61 Å². The number of nitrogen functional groups attached to an aromatic ring is 1. The minimum absolute atomic E-state index is 0.320. The summed E-state index contributed by atoms with van der Waals surface area (Å²) in [5.41, 5.74) is 5.95. The lowest BCUT2D eigenvalue weighted by Gasteiger charge is -2.16. The van der Waals surface area contributed by atoms with Crippen molar-refractivity contribution in [3.63, 3.8) is 0 Å². The summed E-state index contributed by atoms with van der Waals surface area (Å²) in [7, 11) is 0. The van der Waals surface area contributed by atoms with E-state index in [1.54, 1.807) is 24.3 Å². The topological polar surface area (TPSA) is 64.3 Å². The fourth-order valence-corrected chi connectivity index (χ4v) is 1.47. The first kappa shape index (κ1) is 15.1. The zero-order valence-electron chi connectivity index (χ0n) is 10.3. The van der Waals surface area contributed by atoms with Gasteiger partial charge in [-0.25, -0.2) is 0 Å². The highest BCUT2D eigenvalue weighted by atomic mass is 19.4. The van der Waals surface area contributed by atoms with Gasteiger partial charge in [0.2, 0.25) is 0 Å². The van der Waals surface area contributed by atoms with E-state index in [0.29, 0.717) is 11.4 Å². The highest BCUT2D eigenvalue weighted by Gasteiger charge is 2.30. The first-order valence-electron chi connectivity index (χ1n) is 5.61. The van der Waals surface area contributed by atoms with Gasteiger partial charge in [-0.1, -0.05) is 12.1 Å². The molecule has 19 heavy (non-hydrogen) atoms. The molecule has 0 spiro atoms. The van der Waals surface area contributed by atoms with E-state index in [1.165, 1.54) is 6.92 Å². The smallest absolute Gasteiger partial charge is 0.391 e. The van der Waals surface area contributed by atoms with Crippen molar-refractivity contribution in [2.75, 3.05) is 12.3 Å². The Morgan fingerprint density at radius 1 is 1.42 bits per heavy atom. The SMILES string of the molecule is CC(CC(F)(F)F)NC(=O)COc1ccccc1N. The Kier molecular flexibility index (Phi) is 5.02. The number of rotatable bonds is 5. The van der Waals surface area contributed by atoms with Crippen LogP contribution in [0.25, 0.3) is 0 Å². The molecule has 1 aromatic carbocycles. The minimum Gasteiger partial charge on any atom is -0.482 e. The van der Waals surface area contributed by atoms with Crippen molar-refractivity contribution >= 4 is 11.6 Å². The average molecular weight is 276 g/mol. The molecule has 4 nitrogen and oxygen atoms in total. The number of hydrogen-bond acceptors (Lipinski definition) is 3. The van der Waals surface area contributed by atoms with Crippen LogP contribution in [-0.2, 0) is 4.79 Å². The number of carbonyl (C=O) groups is 1. The summed E-state index contributed by atoms with van der Waals surface area (Å²) in [5, 5.41) is 2.20. The number of amides is 1. The lowest BCUT2D eigenvalue weighted by atomic mass is 10.2. The summed E-state index contributed by atoms with van der Waals surface area (Å²) in [6, 6.07) is 5.55. The molecule has 1 aromatic rings. The molecular weight excluding hydrogens is 261 g/mol. The number of anilines is 1. The molecule has 0 aliphatic carbocycles. The van der Waals surface area contributed by atoms with Gasteiger partial charge in [-0.2, -0.15) is 13.2 Å². The molecule has 106 valence electrons. The molecule has 1 unspecified atom stereocenters. The first-order chi connectivity index (χ1) is 8.78. The molecule has 0 aromatic heterocycles. The first-order valence-corrected chi connectivity index (χ1v) is 5.61. The lowest BCUT2D eigenvalue weighted by Crippen LogP contribution is -2.38. The molecule has 1 rings (SSSR count). The maximum Gasteiger partial charge on any atom is 0.391 e. The van der Waals surface area contributed by atoms with Crippen LogP contribution in [0.4, 0.5) is 18.9 Å². The van der Waals surface area contributed by atoms with Gasteiger partial charge in [0, 0.05) is 6.04 Å². The van der Waals surface area contributed by atoms with Crippen molar-refractivity contribution in [1.29, 1.82) is 0 Å². The van der Waals surface area contributed by atoms with E-state index in [4.69, 9.17) is 10.5 Å². The lowest BCUT2D eigenvalue weighted by molar-refractivity contribution is -0.141. The second-order valence-electron chi connectivity index (χ2n) is 4.11. The molecular formula is C12H15F3N2O2. The highest BCUT2D eigenvalue weighted by molar-refractivity contribution is 5.78. The van der Waals surface area contributed by atoms with Crippen LogP contribution >= 0.6 is 0 Å². The molecule has 1 amide bonds. The zero-order chi connectivity index (χ0) is 14.5. The zero-order valence-corrected chi connectivity index (χ0v) is 10.3. The van der Waals surface area contributed by atoms with Crippen molar-refractivity contribution in [1.82, 2.24) is 5.32 Å². The molecule has 1 atom stereocenters. The van der Waals surface area contributed by atoms with Crippen LogP contribution in [0.15, 0.2) is 24.3 Å². The molecule has 3 N–H and O–H groups in total. The monoisotopic (exact) mass is 276 g/mol. The van der Waals surface area contributed by atoms with E-state index in [9.17, 15) is 18.0 Å². The standard InChI is InChI=1S/C12H15F3N2O2/c1-8(6-12(13,14)15)17-11(18)7-19-10-5-3-2-4-9(10)16/h2-5,8H,6-7,16H2,1H3,(H,17,18). The Hall–Kier alpha value is -1.92. The van der Waals surface area contributed by atoms with E-state index in [0.717, 1.165) is 0 Å². The van der Waals surface area contributed by atoms with Gasteiger partial charge in [0.15, 0.2) is 6.61 Å². The molecule has 0 bridgehead atoms. The fourth-order valence-electron chi connectivity index (χ4n) is 1.47. The maximum absolute atomic E-state index is 12.1. The number of benzene rings is 1. The summed E-state index contributed by atoms with van der Waals surface area (Å²) >= 11 is 0. The Bertz CT molecular complexity index is 435. The molecule has 0 aliphatic heterocycles. The minimum atomic E-state index is -4.31. The number of nitrogens with two attached hydrogens (primary N) is 1. The third-order valence-electron chi connectivity index (χ3n) is 2.22. The number of halogens is 3. The van der Waals surface area contributed by atoms with Crippen LogP contribution in [0, 0.1) is 0 Å². The second-order valence-corrected chi connectivity index (χ2v) is 4.11. The van der Waals surface area contributed by atoms with Crippen LogP contribution in [0.3, 0.4) is 0 Å². The Balaban J connectivity index is 2.38. The Labute approximate surface area is 108 Å².